The summed E-state index contributed by atoms with van der Waals surface area (Å²) < 4.78 is 12.4. The molecule has 31 heavy (non-hydrogen) atoms. The van der Waals surface area contributed by atoms with Gasteiger partial charge < -0.3 is 19.9 Å². The van der Waals surface area contributed by atoms with Crippen molar-refractivity contribution < 1.29 is 19.3 Å². The summed E-state index contributed by atoms with van der Waals surface area (Å²) in [5, 5.41) is 19.1. The number of benzene rings is 2. The Morgan fingerprint density at radius 2 is 1.90 bits per heavy atom. The molecule has 3 N–H and O–H groups in total. The number of fused-ring (bicyclic) bond motifs is 3. The number of rotatable bonds is 7. The van der Waals surface area contributed by atoms with Gasteiger partial charge in [0.2, 0.25) is 10.9 Å². The lowest BCUT2D eigenvalue weighted by Crippen LogP contribution is -2.55. The van der Waals surface area contributed by atoms with E-state index in [2.05, 4.69) is 17.2 Å². The molecule has 2 heterocycles. The van der Waals surface area contributed by atoms with Crippen LogP contribution in [0.4, 0.5) is 5.69 Å². The maximum Gasteiger partial charge on any atom is 0.325 e. The molecule has 1 aliphatic heterocycles. The highest BCUT2D eigenvalue weighted by atomic mass is 32.2. The highest BCUT2D eigenvalue weighted by molar-refractivity contribution is 7.99. The van der Waals surface area contributed by atoms with E-state index in [1.807, 2.05) is 24.3 Å². The number of hydrogen-bond acceptors (Lipinski definition) is 7. The van der Waals surface area contributed by atoms with Gasteiger partial charge in [-0.25, -0.2) is 0 Å². The van der Waals surface area contributed by atoms with E-state index in [0.29, 0.717) is 10.9 Å². The molecule has 1 aromatic heterocycles. The van der Waals surface area contributed by atoms with Gasteiger partial charge in [0.25, 0.3) is 6.17 Å². The molecule has 0 amide bonds. The van der Waals surface area contributed by atoms with Gasteiger partial charge in [-0.05, 0) is 35.4 Å². The highest BCUT2D eigenvalue weighted by Gasteiger charge is 2.38. The summed E-state index contributed by atoms with van der Waals surface area (Å²) in [6, 6.07) is 11.0. The van der Waals surface area contributed by atoms with Gasteiger partial charge in [0, 0.05) is 10.9 Å². The number of unbranched alkanes of at least 4 members (excludes halogenated alkanes) is 1. The molecule has 8 nitrogen and oxygen atoms in total. The predicted molar refractivity (Wildman–Crippen MR) is 119 cm³/mol. The average molecular weight is 442 g/mol. The smallest absolute Gasteiger partial charge is 0.325 e. The van der Waals surface area contributed by atoms with Crippen LogP contribution in [0.3, 0.4) is 0 Å². The minimum Gasteiger partial charge on any atom is -0.502 e. The number of nitrogens with zero attached hydrogens (tertiary/aromatic N) is 2. The fourth-order valence-electron chi connectivity index (χ4n) is 3.56. The van der Waals surface area contributed by atoms with Crippen molar-refractivity contribution in [3.63, 3.8) is 0 Å². The number of nitrogens with one attached hydrogen (secondary N) is 2. The zero-order chi connectivity index (χ0) is 22.0. The Bertz CT molecular complexity index is 1140. The molecule has 0 fully saturated rings. The largest absolute Gasteiger partial charge is 0.502 e. The van der Waals surface area contributed by atoms with E-state index in [0.717, 1.165) is 35.4 Å². The SMILES string of the molecule is CCCCSc1n[n+]2c(c(=O)[nH]1)-c1ccccc1N[C@@H]2c1cc(OC)c(O)c(OC)c1. The zero-order valence-corrected chi connectivity index (χ0v) is 18.5. The number of ether oxygens (including phenoxy) is 2. The van der Waals surface area contributed by atoms with Crippen LogP contribution < -0.4 is 25.0 Å². The third kappa shape index (κ3) is 3.93. The third-order valence-electron chi connectivity index (χ3n) is 5.14. The number of para-hydroxylation sites is 1. The average Bonchev–Trinajstić information content (AvgIpc) is 2.78. The lowest BCUT2D eigenvalue weighted by molar-refractivity contribution is -0.759. The molecule has 2 aromatic carbocycles. The molecule has 4 rings (SSSR count). The Morgan fingerprint density at radius 1 is 1.19 bits per heavy atom. The Morgan fingerprint density at radius 3 is 2.58 bits per heavy atom. The quantitative estimate of drug-likeness (QED) is 0.294. The minimum atomic E-state index is -0.499. The number of hydrogen-bond donors (Lipinski definition) is 3. The van der Waals surface area contributed by atoms with Crippen LogP contribution in [0.15, 0.2) is 46.3 Å². The molecule has 0 unspecified atom stereocenters. The molecule has 162 valence electrons. The van der Waals surface area contributed by atoms with Crippen LogP contribution in [0.1, 0.15) is 31.5 Å². The van der Waals surface area contributed by atoms with Crippen molar-refractivity contribution in [2.24, 2.45) is 0 Å². The Hall–Kier alpha value is -3.20. The number of anilines is 1. The standard InChI is InChI=1S/C22H24N4O4S/c1-4-5-10-31-22-24-21(28)18-14-8-6-7-9-15(14)23-20(26(18)25-22)13-11-16(29-2)19(27)17(12-13)30-3/h6-9,11-12,20H,4-5,10H2,1-3H3,(H2,24,25,27,28)/p+1/t20-/m0/s1. The Labute approximate surface area is 184 Å². The monoisotopic (exact) mass is 441 g/mol. The molecule has 1 aliphatic rings. The van der Waals surface area contributed by atoms with Gasteiger partial charge in [0.15, 0.2) is 11.5 Å². The van der Waals surface area contributed by atoms with Crippen molar-refractivity contribution in [3.05, 3.63) is 52.3 Å². The summed E-state index contributed by atoms with van der Waals surface area (Å²) in [5.74, 6) is 1.35. The van der Waals surface area contributed by atoms with E-state index in [9.17, 15) is 9.90 Å². The van der Waals surface area contributed by atoms with Crippen molar-refractivity contribution in [1.29, 1.82) is 0 Å². The van der Waals surface area contributed by atoms with Crippen molar-refractivity contribution in [2.75, 3.05) is 25.3 Å². The second-order valence-electron chi connectivity index (χ2n) is 7.12. The van der Waals surface area contributed by atoms with E-state index in [1.54, 1.807) is 16.8 Å². The molecule has 3 aromatic rings. The number of thioether (sulfide) groups is 1. The van der Waals surface area contributed by atoms with Crippen molar-refractivity contribution in [1.82, 2.24) is 10.1 Å². The van der Waals surface area contributed by atoms with Crippen LogP contribution in [-0.2, 0) is 0 Å². The fourth-order valence-corrected chi connectivity index (χ4v) is 4.50. The number of H-pyrrole nitrogens is 1. The molecule has 0 saturated carbocycles. The minimum absolute atomic E-state index is 0.0788. The van der Waals surface area contributed by atoms with Crippen molar-refractivity contribution >= 4 is 17.4 Å². The molecule has 0 aliphatic carbocycles. The van der Waals surface area contributed by atoms with Gasteiger partial charge in [-0.1, -0.05) is 37.2 Å². The van der Waals surface area contributed by atoms with Gasteiger partial charge in [-0.2, -0.15) is 0 Å². The van der Waals surface area contributed by atoms with Gasteiger partial charge in [-0.15, -0.1) is 0 Å². The second-order valence-corrected chi connectivity index (χ2v) is 8.20. The molecule has 0 bridgehead atoms. The summed E-state index contributed by atoms with van der Waals surface area (Å²) in [6.45, 7) is 2.13. The lowest BCUT2D eigenvalue weighted by atomic mass is 10.0. The number of phenols is 1. The van der Waals surface area contributed by atoms with Gasteiger partial charge in [0.05, 0.1) is 31.0 Å². The molecular formula is C22H25N4O4S+. The van der Waals surface area contributed by atoms with Crippen molar-refractivity contribution in [3.8, 4) is 28.5 Å². The Kier molecular flexibility index (Phi) is 6.03. The van der Waals surface area contributed by atoms with Crippen LogP contribution in [0, 0.1) is 0 Å². The Balaban J connectivity index is 1.89. The first kappa shape index (κ1) is 21.0. The number of aromatic nitrogens is 3. The van der Waals surface area contributed by atoms with Gasteiger partial charge in [-0.3, -0.25) is 9.78 Å². The number of aromatic amines is 1. The zero-order valence-electron chi connectivity index (χ0n) is 17.6. The molecule has 0 spiro atoms. The van der Waals surface area contributed by atoms with Crippen LogP contribution in [0.5, 0.6) is 17.2 Å². The second kappa shape index (κ2) is 8.89. The topological polar surface area (TPSA) is 100 Å². The maximum absolute atomic E-state index is 13.1. The van der Waals surface area contributed by atoms with E-state index in [1.165, 1.54) is 26.0 Å². The van der Waals surface area contributed by atoms with E-state index in [-0.39, 0.29) is 22.8 Å². The van der Waals surface area contributed by atoms with E-state index < -0.39 is 6.17 Å². The van der Waals surface area contributed by atoms with E-state index in [4.69, 9.17) is 14.6 Å². The first-order chi connectivity index (χ1) is 15.1. The predicted octanol–water partition coefficient (Wildman–Crippen LogP) is 3.31. The van der Waals surface area contributed by atoms with Crippen LogP contribution in [-0.4, -0.2) is 35.2 Å². The normalized spacial score (nSPS) is 14.4. The van der Waals surface area contributed by atoms with Crippen LogP contribution >= 0.6 is 11.8 Å². The number of methoxy groups -OCH3 is 2. The van der Waals surface area contributed by atoms with Crippen LogP contribution in [0.25, 0.3) is 11.3 Å². The molecule has 0 radical (unpaired) electrons. The molecular weight excluding hydrogens is 416 g/mol. The molecule has 1 atom stereocenters. The third-order valence-corrected chi connectivity index (χ3v) is 6.09. The van der Waals surface area contributed by atoms with Gasteiger partial charge >= 0.3 is 11.3 Å². The maximum atomic E-state index is 13.1. The summed E-state index contributed by atoms with van der Waals surface area (Å²) in [6.07, 6.45) is 1.61. The molecule has 0 saturated heterocycles. The van der Waals surface area contributed by atoms with Gasteiger partial charge in [0.1, 0.15) is 0 Å². The highest BCUT2D eigenvalue weighted by Crippen LogP contribution is 2.40. The fraction of sp³-hybridized carbons (Fsp3) is 0.318. The van der Waals surface area contributed by atoms with E-state index >= 15 is 0 Å². The summed E-state index contributed by atoms with van der Waals surface area (Å²) in [7, 11) is 2.96. The summed E-state index contributed by atoms with van der Waals surface area (Å²) in [4.78, 5) is 16.0. The van der Waals surface area contributed by atoms with Crippen LogP contribution in [0.2, 0.25) is 0 Å². The van der Waals surface area contributed by atoms with Crippen molar-refractivity contribution in [2.45, 2.75) is 31.1 Å². The lowest BCUT2D eigenvalue weighted by Gasteiger charge is -2.23. The first-order valence-electron chi connectivity index (χ1n) is 10.1. The summed E-state index contributed by atoms with van der Waals surface area (Å²) >= 11 is 1.52. The summed E-state index contributed by atoms with van der Waals surface area (Å²) in [5.41, 5.74) is 2.58. The molecule has 9 heteroatoms. The first-order valence-corrected chi connectivity index (χ1v) is 11.1. The number of phenolic OH excluding ortho intramolecular Hbond substituents is 1. The number of aromatic hydroxyl groups is 1.